The first-order valence-corrected chi connectivity index (χ1v) is 3.52. The lowest BCUT2D eigenvalue weighted by Gasteiger charge is -2.10. The van der Waals surface area contributed by atoms with E-state index in [1.54, 1.807) is 0 Å². The zero-order chi connectivity index (χ0) is 7.56. The van der Waals surface area contributed by atoms with Crippen LogP contribution in [0.15, 0.2) is 0 Å². The Kier molecular flexibility index (Phi) is 2.27. The molecule has 0 bridgehead atoms. The Labute approximate surface area is 60.3 Å². The number of cyclic esters (lactones) is 1. The molecule has 3 nitrogen and oxygen atoms in total. The predicted molar refractivity (Wildman–Crippen MR) is 35.6 cm³/mol. The summed E-state index contributed by atoms with van der Waals surface area (Å²) in [7, 11) is 0. The van der Waals surface area contributed by atoms with Gasteiger partial charge in [-0.05, 0) is 13.8 Å². The van der Waals surface area contributed by atoms with E-state index in [4.69, 9.17) is 9.47 Å². The molecule has 0 amide bonds. The van der Waals surface area contributed by atoms with Crippen LogP contribution in [0, 0.1) is 0 Å². The van der Waals surface area contributed by atoms with E-state index in [2.05, 4.69) is 0 Å². The van der Waals surface area contributed by atoms with Crippen LogP contribution in [0.2, 0.25) is 0 Å². The molecule has 1 aliphatic heterocycles. The van der Waals surface area contributed by atoms with Crippen LogP contribution in [0.4, 0.5) is 0 Å². The highest BCUT2D eigenvalue weighted by molar-refractivity contribution is 5.76. The Hall–Kier alpha value is -0.570. The Bertz CT molecular complexity index is 131. The van der Waals surface area contributed by atoms with E-state index in [0.717, 1.165) is 0 Å². The number of hydrogen-bond acceptors (Lipinski definition) is 3. The zero-order valence-electron chi connectivity index (χ0n) is 6.29. The predicted octanol–water partition coefficient (Wildman–Crippen LogP) is 0.727. The molecule has 0 aromatic heterocycles. The molecule has 10 heavy (non-hydrogen) atoms. The molecule has 0 aromatic carbocycles. The highest BCUT2D eigenvalue weighted by Crippen LogP contribution is 2.11. The summed E-state index contributed by atoms with van der Waals surface area (Å²) in [6.07, 6.45) is 0.507. The van der Waals surface area contributed by atoms with Crippen LogP contribution in [0.25, 0.3) is 0 Å². The lowest BCUT2D eigenvalue weighted by Crippen LogP contribution is -2.22. The fourth-order valence-corrected chi connectivity index (χ4v) is 0.929. The molecule has 1 heterocycles. The normalized spacial score (nSPS) is 25.5. The third-order valence-electron chi connectivity index (χ3n) is 1.32. The third-order valence-corrected chi connectivity index (χ3v) is 1.32. The van der Waals surface area contributed by atoms with Crippen molar-refractivity contribution in [1.29, 1.82) is 0 Å². The Balaban J connectivity index is 2.33. The van der Waals surface area contributed by atoms with Crippen LogP contribution in [0.5, 0.6) is 0 Å². The highest BCUT2D eigenvalue weighted by atomic mass is 16.6. The van der Waals surface area contributed by atoms with E-state index in [0.29, 0.717) is 13.0 Å². The van der Waals surface area contributed by atoms with Gasteiger partial charge in [0.1, 0.15) is 0 Å². The molecular weight excluding hydrogens is 132 g/mol. The molecule has 0 aliphatic carbocycles. The van der Waals surface area contributed by atoms with Crippen molar-refractivity contribution < 1.29 is 14.3 Å². The van der Waals surface area contributed by atoms with Gasteiger partial charge >= 0.3 is 5.97 Å². The summed E-state index contributed by atoms with van der Waals surface area (Å²) >= 11 is 0. The molecule has 1 rings (SSSR count). The molecule has 1 unspecified atom stereocenters. The summed E-state index contributed by atoms with van der Waals surface area (Å²) in [4.78, 5) is 10.8. The van der Waals surface area contributed by atoms with Gasteiger partial charge in [-0.1, -0.05) is 0 Å². The molecule has 0 N–H and O–H groups in total. The van der Waals surface area contributed by atoms with Gasteiger partial charge in [0, 0.05) is 6.42 Å². The van der Waals surface area contributed by atoms with Crippen molar-refractivity contribution in [3.63, 3.8) is 0 Å². The smallest absolute Gasteiger partial charge is 0.335 e. The largest absolute Gasteiger partial charge is 0.464 e. The first-order chi connectivity index (χ1) is 4.70. The second-order valence-electron chi connectivity index (χ2n) is 2.63. The minimum Gasteiger partial charge on any atom is -0.464 e. The molecule has 1 atom stereocenters. The second kappa shape index (κ2) is 3.01. The Morgan fingerprint density at radius 3 is 2.80 bits per heavy atom. The van der Waals surface area contributed by atoms with Crippen molar-refractivity contribution in [2.45, 2.75) is 32.5 Å². The summed E-state index contributed by atoms with van der Waals surface area (Å²) in [6.45, 7) is 4.33. The van der Waals surface area contributed by atoms with E-state index < -0.39 is 0 Å². The van der Waals surface area contributed by atoms with Crippen molar-refractivity contribution in [2.75, 3.05) is 6.61 Å². The van der Waals surface area contributed by atoms with Gasteiger partial charge in [-0.2, -0.15) is 0 Å². The molecule has 1 fully saturated rings. The van der Waals surface area contributed by atoms with Crippen LogP contribution in [-0.2, 0) is 14.3 Å². The monoisotopic (exact) mass is 144 g/mol. The molecule has 1 saturated heterocycles. The van der Waals surface area contributed by atoms with Gasteiger partial charge in [0.05, 0.1) is 12.7 Å². The lowest BCUT2D eigenvalue weighted by atomic mass is 10.3. The van der Waals surface area contributed by atoms with Crippen LogP contribution < -0.4 is 0 Å². The summed E-state index contributed by atoms with van der Waals surface area (Å²) in [5.74, 6) is -0.214. The molecule has 0 radical (unpaired) electrons. The summed E-state index contributed by atoms with van der Waals surface area (Å²) in [6, 6.07) is 0. The van der Waals surface area contributed by atoms with Crippen molar-refractivity contribution in [3.8, 4) is 0 Å². The maximum atomic E-state index is 10.8. The summed E-state index contributed by atoms with van der Waals surface area (Å²) < 4.78 is 9.95. The SMILES string of the molecule is CC(C)OC1CCOC1=O. The Morgan fingerprint density at radius 2 is 2.40 bits per heavy atom. The van der Waals surface area contributed by atoms with E-state index in [1.165, 1.54) is 0 Å². The van der Waals surface area contributed by atoms with Crippen molar-refractivity contribution >= 4 is 5.97 Å². The molecule has 0 aromatic rings. The van der Waals surface area contributed by atoms with Crippen molar-refractivity contribution in [1.82, 2.24) is 0 Å². The van der Waals surface area contributed by atoms with Gasteiger partial charge in [-0.15, -0.1) is 0 Å². The van der Waals surface area contributed by atoms with Gasteiger partial charge in [0.2, 0.25) is 0 Å². The van der Waals surface area contributed by atoms with Gasteiger partial charge in [-0.3, -0.25) is 0 Å². The number of carbonyl (C=O) groups excluding carboxylic acids is 1. The fraction of sp³-hybridized carbons (Fsp3) is 0.857. The third kappa shape index (κ3) is 1.70. The molecule has 58 valence electrons. The minimum absolute atomic E-state index is 0.107. The van der Waals surface area contributed by atoms with E-state index in [9.17, 15) is 4.79 Å². The zero-order valence-corrected chi connectivity index (χ0v) is 6.29. The first kappa shape index (κ1) is 7.54. The van der Waals surface area contributed by atoms with Crippen LogP contribution in [0.3, 0.4) is 0 Å². The van der Waals surface area contributed by atoms with Gasteiger partial charge in [0.15, 0.2) is 6.10 Å². The molecular formula is C7H12O3. The van der Waals surface area contributed by atoms with Crippen molar-refractivity contribution in [3.05, 3.63) is 0 Å². The standard InChI is InChI=1S/C7H12O3/c1-5(2)10-6-3-4-9-7(6)8/h5-6H,3-4H2,1-2H3. The maximum Gasteiger partial charge on any atom is 0.335 e. The quantitative estimate of drug-likeness (QED) is 0.536. The fourth-order valence-electron chi connectivity index (χ4n) is 0.929. The van der Waals surface area contributed by atoms with Crippen LogP contribution in [-0.4, -0.2) is 24.8 Å². The van der Waals surface area contributed by atoms with E-state index in [-0.39, 0.29) is 18.2 Å². The van der Waals surface area contributed by atoms with E-state index in [1.807, 2.05) is 13.8 Å². The average Bonchev–Trinajstić information content (AvgIpc) is 2.15. The number of esters is 1. The number of rotatable bonds is 2. The number of ether oxygens (including phenoxy) is 2. The summed E-state index contributed by atoms with van der Waals surface area (Å²) in [5, 5.41) is 0. The van der Waals surface area contributed by atoms with Crippen LogP contribution >= 0.6 is 0 Å². The summed E-state index contributed by atoms with van der Waals surface area (Å²) in [5.41, 5.74) is 0. The van der Waals surface area contributed by atoms with Gasteiger partial charge in [0.25, 0.3) is 0 Å². The number of carbonyl (C=O) groups is 1. The first-order valence-electron chi connectivity index (χ1n) is 3.52. The minimum atomic E-state index is -0.306. The topological polar surface area (TPSA) is 35.5 Å². The molecule has 1 aliphatic rings. The average molecular weight is 144 g/mol. The molecule has 0 spiro atoms. The van der Waals surface area contributed by atoms with Gasteiger partial charge in [-0.25, -0.2) is 4.79 Å². The maximum absolute atomic E-state index is 10.8. The highest BCUT2D eigenvalue weighted by Gasteiger charge is 2.27. The molecule has 3 heteroatoms. The van der Waals surface area contributed by atoms with Crippen molar-refractivity contribution in [2.24, 2.45) is 0 Å². The Morgan fingerprint density at radius 1 is 1.70 bits per heavy atom. The van der Waals surface area contributed by atoms with Crippen LogP contribution in [0.1, 0.15) is 20.3 Å². The number of hydrogen-bond donors (Lipinski definition) is 0. The van der Waals surface area contributed by atoms with Gasteiger partial charge < -0.3 is 9.47 Å². The molecule has 0 saturated carbocycles. The second-order valence-corrected chi connectivity index (χ2v) is 2.63. The van der Waals surface area contributed by atoms with E-state index >= 15 is 0 Å². The lowest BCUT2D eigenvalue weighted by molar-refractivity contribution is -0.149.